The number of nitrogens with zero attached hydrogens (tertiary/aromatic N) is 2. The lowest BCUT2D eigenvalue weighted by Crippen LogP contribution is -2.09. The van der Waals surface area contributed by atoms with Crippen LogP contribution in [0.3, 0.4) is 0 Å². The summed E-state index contributed by atoms with van der Waals surface area (Å²) in [5.41, 5.74) is 9.64. The molecule has 12 aromatic rings. The van der Waals surface area contributed by atoms with E-state index in [9.17, 15) is 0 Å². The molecule has 0 amide bonds. The molecule has 0 fully saturated rings. The van der Waals surface area contributed by atoms with Crippen molar-refractivity contribution in [2.24, 2.45) is 0 Å². The molecule has 0 spiro atoms. The predicted octanol–water partition coefficient (Wildman–Crippen LogP) is 15.9. The van der Waals surface area contributed by atoms with E-state index in [0.717, 1.165) is 17.1 Å². The van der Waals surface area contributed by atoms with Gasteiger partial charge in [0, 0.05) is 78.6 Å². The van der Waals surface area contributed by atoms with E-state index in [-0.39, 0.29) is 0 Å². The van der Waals surface area contributed by atoms with Crippen LogP contribution in [0.2, 0.25) is 0 Å². The number of anilines is 3. The maximum atomic E-state index is 2.44. The van der Waals surface area contributed by atoms with E-state index in [1.807, 2.05) is 34.0 Å². The third-order valence-corrected chi connectivity index (χ3v) is 14.5. The molecular weight excluding hydrogens is 725 g/mol. The number of benzene rings is 8. The number of para-hydroxylation sites is 2. The van der Waals surface area contributed by atoms with Gasteiger partial charge in [0.25, 0.3) is 0 Å². The van der Waals surface area contributed by atoms with Gasteiger partial charge in [0.2, 0.25) is 0 Å². The Balaban J connectivity index is 1.02. The molecule has 55 heavy (non-hydrogen) atoms. The molecule has 258 valence electrons. The Morgan fingerprint density at radius 3 is 1.58 bits per heavy atom. The minimum absolute atomic E-state index is 1.13. The normalized spacial score (nSPS) is 12.0. The van der Waals surface area contributed by atoms with E-state index < -0.39 is 0 Å². The van der Waals surface area contributed by atoms with Crippen molar-refractivity contribution in [2.45, 2.75) is 0 Å². The van der Waals surface area contributed by atoms with Crippen molar-refractivity contribution in [1.29, 1.82) is 0 Å². The van der Waals surface area contributed by atoms with Crippen molar-refractivity contribution < 1.29 is 0 Å². The van der Waals surface area contributed by atoms with Crippen LogP contribution in [-0.2, 0) is 0 Å². The van der Waals surface area contributed by atoms with E-state index in [1.165, 1.54) is 88.4 Å². The minimum atomic E-state index is 1.13. The summed E-state index contributed by atoms with van der Waals surface area (Å²) in [5, 5.41) is 7.84. The predicted molar refractivity (Wildman–Crippen MR) is 242 cm³/mol. The Labute approximate surface area is 329 Å². The second kappa shape index (κ2) is 12.1. The molecule has 2 nitrogen and oxygen atoms in total. The summed E-state index contributed by atoms with van der Waals surface area (Å²) >= 11 is 5.64. The Bertz CT molecular complexity index is 3320. The van der Waals surface area contributed by atoms with Gasteiger partial charge in [0.1, 0.15) is 0 Å². The van der Waals surface area contributed by atoms with Gasteiger partial charge in [-0.05, 0) is 77.9 Å². The topological polar surface area (TPSA) is 8.17 Å². The summed E-state index contributed by atoms with van der Waals surface area (Å²) < 4.78 is 10.3. The van der Waals surface area contributed by atoms with Crippen LogP contribution in [0.5, 0.6) is 0 Å². The van der Waals surface area contributed by atoms with Crippen molar-refractivity contribution in [3.63, 3.8) is 0 Å². The van der Waals surface area contributed by atoms with Crippen LogP contribution < -0.4 is 4.90 Å². The van der Waals surface area contributed by atoms with Gasteiger partial charge in [-0.1, -0.05) is 115 Å². The van der Waals surface area contributed by atoms with E-state index in [1.54, 1.807) is 0 Å². The first kappa shape index (κ1) is 31.1. The summed E-state index contributed by atoms with van der Waals surface area (Å²) in [4.78, 5) is 2.42. The number of hydrogen-bond acceptors (Lipinski definition) is 4. The number of rotatable bonds is 5. The van der Waals surface area contributed by atoms with Crippen molar-refractivity contribution >= 4 is 123 Å². The smallest absolute Gasteiger partial charge is 0.0727 e. The Kier molecular flexibility index (Phi) is 6.87. The van der Waals surface area contributed by atoms with Crippen molar-refractivity contribution in [3.8, 4) is 16.8 Å². The maximum absolute atomic E-state index is 2.44. The van der Waals surface area contributed by atoms with Crippen LogP contribution in [0.4, 0.5) is 17.1 Å². The van der Waals surface area contributed by atoms with Gasteiger partial charge in [0.05, 0.1) is 15.7 Å². The lowest BCUT2D eigenvalue weighted by atomic mass is 10.0. The molecule has 0 unspecified atom stereocenters. The molecule has 0 aliphatic heterocycles. The van der Waals surface area contributed by atoms with Gasteiger partial charge in [-0.3, -0.25) is 0 Å². The van der Waals surface area contributed by atoms with E-state index in [4.69, 9.17) is 0 Å². The molecule has 4 aromatic heterocycles. The van der Waals surface area contributed by atoms with Crippen molar-refractivity contribution in [3.05, 3.63) is 182 Å². The SMILES string of the molecule is c1ccc(-n2c3ccccc3c3sc4c(-c5ccc(N(c6ccc7c(c6)sc6ccccc67)c6ccc7c(c6)sc6ccccc67)cc5)cccc4c32)cc1. The molecule has 0 bridgehead atoms. The van der Waals surface area contributed by atoms with E-state index >= 15 is 0 Å². The summed E-state index contributed by atoms with van der Waals surface area (Å²) in [6.45, 7) is 0. The van der Waals surface area contributed by atoms with Gasteiger partial charge in [-0.25, -0.2) is 0 Å². The first-order valence-electron chi connectivity index (χ1n) is 18.5. The third kappa shape index (κ3) is 4.77. The zero-order valence-electron chi connectivity index (χ0n) is 29.4. The first-order valence-corrected chi connectivity index (χ1v) is 21.0. The lowest BCUT2D eigenvalue weighted by molar-refractivity contribution is 1.19. The number of fused-ring (bicyclic) bond motifs is 11. The Morgan fingerprint density at radius 2 is 0.909 bits per heavy atom. The minimum Gasteiger partial charge on any atom is -0.310 e. The highest BCUT2D eigenvalue weighted by atomic mass is 32.1. The number of aromatic nitrogens is 1. The summed E-state index contributed by atoms with van der Waals surface area (Å²) in [6.07, 6.45) is 0. The average Bonchev–Trinajstić information content (AvgIpc) is 3.99. The molecule has 4 heterocycles. The van der Waals surface area contributed by atoms with Crippen LogP contribution in [0.25, 0.3) is 88.4 Å². The van der Waals surface area contributed by atoms with Crippen molar-refractivity contribution in [1.82, 2.24) is 4.57 Å². The molecule has 5 heteroatoms. The Morgan fingerprint density at radius 1 is 0.364 bits per heavy atom. The second-order valence-electron chi connectivity index (χ2n) is 14.1. The number of thiophene rings is 3. The fourth-order valence-corrected chi connectivity index (χ4v) is 12.1. The molecule has 0 aliphatic carbocycles. The molecule has 0 N–H and O–H groups in total. The van der Waals surface area contributed by atoms with Crippen molar-refractivity contribution in [2.75, 3.05) is 4.90 Å². The molecule has 0 atom stereocenters. The maximum Gasteiger partial charge on any atom is 0.0727 e. The highest BCUT2D eigenvalue weighted by molar-refractivity contribution is 7.27. The second-order valence-corrected chi connectivity index (χ2v) is 17.3. The molecule has 12 rings (SSSR count). The van der Waals surface area contributed by atoms with Gasteiger partial charge in [0.15, 0.2) is 0 Å². The quantitative estimate of drug-likeness (QED) is 0.170. The van der Waals surface area contributed by atoms with E-state index in [0.29, 0.717) is 0 Å². The number of hydrogen-bond donors (Lipinski definition) is 0. The van der Waals surface area contributed by atoms with Crippen LogP contribution in [0.1, 0.15) is 0 Å². The van der Waals surface area contributed by atoms with E-state index in [2.05, 4.69) is 191 Å². The molecule has 0 radical (unpaired) electrons. The van der Waals surface area contributed by atoms with Gasteiger partial charge >= 0.3 is 0 Å². The summed E-state index contributed by atoms with van der Waals surface area (Å²) in [7, 11) is 0. The van der Waals surface area contributed by atoms with Gasteiger partial charge in [-0.15, -0.1) is 34.0 Å². The highest BCUT2D eigenvalue weighted by Crippen LogP contribution is 2.47. The van der Waals surface area contributed by atoms with Crippen LogP contribution in [0, 0.1) is 0 Å². The molecule has 8 aromatic carbocycles. The summed E-state index contributed by atoms with van der Waals surface area (Å²) in [5.74, 6) is 0. The molecular formula is C50H30N2S3. The van der Waals surface area contributed by atoms with Gasteiger partial charge < -0.3 is 9.47 Å². The fourth-order valence-electron chi connectivity index (χ4n) is 8.51. The van der Waals surface area contributed by atoms with Crippen LogP contribution in [-0.4, -0.2) is 4.57 Å². The summed E-state index contributed by atoms with van der Waals surface area (Å²) in [6, 6.07) is 67.0. The zero-order chi connectivity index (χ0) is 36.0. The highest BCUT2D eigenvalue weighted by Gasteiger charge is 2.21. The fraction of sp³-hybridized carbons (Fsp3) is 0. The molecule has 0 saturated heterocycles. The molecule has 0 aliphatic rings. The monoisotopic (exact) mass is 754 g/mol. The Hall–Kier alpha value is -6.24. The largest absolute Gasteiger partial charge is 0.310 e. The first-order chi connectivity index (χ1) is 27.3. The lowest BCUT2D eigenvalue weighted by Gasteiger charge is -2.26. The molecule has 0 saturated carbocycles. The third-order valence-electron chi connectivity index (χ3n) is 11.0. The van der Waals surface area contributed by atoms with Crippen LogP contribution in [0.15, 0.2) is 182 Å². The standard InChI is InChI=1S/C50H30N2S3/c1-2-11-32(12-3-1)52-43-18-7-4-15-41(43)50-48(52)42-17-10-16-36(49(42)55-50)31-21-23-33(24-22-31)51(34-25-27-39-37-13-5-8-19-44(37)53-46(39)29-34)35-26-28-40-38-14-6-9-20-45(38)54-47(40)30-35/h1-30H. The van der Waals surface area contributed by atoms with Crippen LogP contribution >= 0.6 is 34.0 Å². The van der Waals surface area contributed by atoms with Gasteiger partial charge in [-0.2, -0.15) is 0 Å². The zero-order valence-corrected chi connectivity index (χ0v) is 31.9. The average molecular weight is 755 g/mol.